The molecular weight excluding hydrogens is 378 g/mol. The highest BCUT2D eigenvalue weighted by Crippen LogP contribution is 2.31. The second-order valence-electron chi connectivity index (χ2n) is 7.01. The molecule has 0 aliphatic heterocycles. The fraction of sp³-hybridized carbons (Fsp3) is 0.0400. The molecule has 0 radical (unpaired) electrons. The Morgan fingerprint density at radius 2 is 1.53 bits per heavy atom. The van der Waals surface area contributed by atoms with Crippen LogP contribution >= 0.6 is 0 Å². The van der Waals surface area contributed by atoms with Crippen molar-refractivity contribution in [3.05, 3.63) is 99.7 Å². The summed E-state index contributed by atoms with van der Waals surface area (Å²) in [6.07, 6.45) is 0. The van der Waals surface area contributed by atoms with Gasteiger partial charge in [0.2, 0.25) is 0 Å². The molecular formula is C25H17NO4. The number of hydrogen-bond donors (Lipinski definition) is 1. The van der Waals surface area contributed by atoms with E-state index in [-0.39, 0.29) is 0 Å². The number of benzene rings is 3. The summed E-state index contributed by atoms with van der Waals surface area (Å²) in [5, 5.41) is 4.61. The zero-order valence-electron chi connectivity index (χ0n) is 16.1. The first kappa shape index (κ1) is 17.9. The summed E-state index contributed by atoms with van der Waals surface area (Å²) >= 11 is 0. The van der Waals surface area contributed by atoms with Crippen molar-refractivity contribution >= 4 is 27.6 Å². The number of anilines is 1. The van der Waals surface area contributed by atoms with Gasteiger partial charge in [-0.1, -0.05) is 36.4 Å². The van der Waals surface area contributed by atoms with Gasteiger partial charge >= 0.3 is 11.3 Å². The molecule has 0 fully saturated rings. The van der Waals surface area contributed by atoms with Crippen molar-refractivity contribution in [3.8, 4) is 22.3 Å². The summed E-state index contributed by atoms with van der Waals surface area (Å²) in [6.45, 7) is 0. The maximum atomic E-state index is 12.7. The molecule has 0 saturated heterocycles. The monoisotopic (exact) mass is 395 g/mol. The molecule has 5 rings (SSSR count). The molecule has 5 nitrogen and oxygen atoms in total. The number of hydrogen-bond acceptors (Lipinski definition) is 5. The molecule has 0 saturated carbocycles. The lowest BCUT2D eigenvalue weighted by Crippen LogP contribution is -2.03. The fourth-order valence-electron chi connectivity index (χ4n) is 3.65. The van der Waals surface area contributed by atoms with Gasteiger partial charge in [-0.05, 0) is 47.0 Å². The Morgan fingerprint density at radius 1 is 0.700 bits per heavy atom. The summed E-state index contributed by atoms with van der Waals surface area (Å²) in [7, 11) is 1.81. The van der Waals surface area contributed by atoms with Crippen molar-refractivity contribution in [3.63, 3.8) is 0 Å². The van der Waals surface area contributed by atoms with E-state index >= 15 is 0 Å². The first-order valence-corrected chi connectivity index (χ1v) is 9.52. The third-order valence-electron chi connectivity index (χ3n) is 5.16. The molecule has 2 heterocycles. The van der Waals surface area contributed by atoms with Gasteiger partial charge in [-0.25, -0.2) is 9.59 Å². The van der Waals surface area contributed by atoms with Crippen LogP contribution in [0.25, 0.3) is 44.2 Å². The van der Waals surface area contributed by atoms with Crippen molar-refractivity contribution in [1.82, 2.24) is 0 Å². The minimum atomic E-state index is -0.422. The highest BCUT2D eigenvalue weighted by molar-refractivity contribution is 5.96. The summed E-state index contributed by atoms with van der Waals surface area (Å²) in [5.41, 5.74) is 3.82. The van der Waals surface area contributed by atoms with Crippen molar-refractivity contribution in [2.24, 2.45) is 0 Å². The van der Waals surface area contributed by atoms with Crippen LogP contribution in [0.4, 0.5) is 5.69 Å². The highest BCUT2D eigenvalue weighted by Gasteiger charge is 2.13. The van der Waals surface area contributed by atoms with Gasteiger partial charge in [-0.3, -0.25) is 0 Å². The van der Waals surface area contributed by atoms with E-state index in [4.69, 9.17) is 8.83 Å². The Labute approximate surface area is 171 Å². The van der Waals surface area contributed by atoms with Crippen LogP contribution in [0.1, 0.15) is 0 Å². The van der Waals surface area contributed by atoms with Crippen LogP contribution in [-0.2, 0) is 0 Å². The topological polar surface area (TPSA) is 72.5 Å². The van der Waals surface area contributed by atoms with Gasteiger partial charge in [0.25, 0.3) is 0 Å². The molecule has 3 aromatic carbocycles. The maximum absolute atomic E-state index is 12.7. The minimum Gasteiger partial charge on any atom is -0.423 e. The van der Waals surface area contributed by atoms with Gasteiger partial charge in [0.1, 0.15) is 11.2 Å². The van der Waals surface area contributed by atoms with Gasteiger partial charge < -0.3 is 14.2 Å². The van der Waals surface area contributed by atoms with E-state index in [1.165, 1.54) is 6.07 Å². The van der Waals surface area contributed by atoms with Gasteiger partial charge in [0.05, 0.1) is 5.56 Å². The van der Waals surface area contributed by atoms with Gasteiger partial charge in [-0.15, -0.1) is 0 Å². The fourth-order valence-corrected chi connectivity index (χ4v) is 3.65. The summed E-state index contributed by atoms with van der Waals surface area (Å²) in [4.78, 5) is 24.8. The zero-order chi connectivity index (χ0) is 20.7. The molecule has 146 valence electrons. The van der Waals surface area contributed by atoms with Gasteiger partial charge in [0, 0.05) is 35.6 Å². The Balaban J connectivity index is 1.74. The smallest absolute Gasteiger partial charge is 0.344 e. The first-order chi connectivity index (χ1) is 14.6. The largest absolute Gasteiger partial charge is 0.423 e. The van der Waals surface area contributed by atoms with E-state index in [2.05, 4.69) is 5.32 Å². The normalized spacial score (nSPS) is 11.1. The molecule has 0 aliphatic rings. The first-order valence-electron chi connectivity index (χ1n) is 9.52. The molecule has 1 N–H and O–H groups in total. The van der Waals surface area contributed by atoms with Crippen LogP contribution in [0, 0.1) is 0 Å². The van der Waals surface area contributed by atoms with Crippen LogP contribution in [-0.4, -0.2) is 7.05 Å². The Kier molecular flexibility index (Phi) is 4.21. The molecule has 0 atom stereocenters. The number of fused-ring (bicyclic) bond motifs is 2. The standard InChI is InChI=1S/C25H17NO4/c1-26-18-9-7-17-12-20(25(28)30-23(17)13-18)16-8-10-22-21(11-16)19(14-24(27)29-22)15-5-3-2-4-6-15/h2-14,26H,1H3. The molecule has 0 aliphatic carbocycles. The minimum absolute atomic E-state index is 0.417. The lowest BCUT2D eigenvalue weighted by atomic mass is 9.98. The molecule has 0 spiro atoms. The second kappa shape index (κ2) is 7.04. The maximum Gasteiger partial charge on any atom is 0.344 e. The number of rotatable bonds is 3. The predicted octanol–water partition coefficient (Wildman–Crippen LogP) is 5.28. The van der Waals surface area contributed by atoms with Crippen LogP contribution in [0.2, 0.25) is 0 Å². The molecule has 0 amide bonds. The molecule has 5 heteroatoms. The molecule has 30 heavy (non-hydrogen) atoms. The molecule has 2 aromatic heterocycles. The lowest BCUT2D eigenvalue weighted by Gasteiger charge is -2.08. The molecule has 0 unspecified atom stereocenters. The quantitative estimate of drug-likeness (QED) is 0.421. The molecule has 5 aromatic rings. The van der Waals surface area contributed by atoms with E-state index < -0.39 is 11.3 Å². The third kappa shape index (κ3) is 3.06. The third-order valence-corrected chi connectivity index (χ3v) is 5.16. The van der Waals surface area contributed by atoms with E-state index in [0.29, 0.717) is 22.3 Å². The Bertz CT molecular complexity index is 1510. The average molecular weight is 395 g/mol. The van der Waals surface area contributed by atoms with E-state index in [0.717, 1.165) is 27.6 Å². The second-order valence-corrected chi connectivity index (χ2v) is 7.01. The molecule has 0 bridgehead atoms. The zero-order valence-corrected chi connectivity index (χ0v) is 16.1. The lowest BCUT2D eigenvalue weighted by molar-refractivity contribution is 0.561. The Hall–Kier alpha value is -4.12. The average Bonchev–Trinajstić information content (AvgIpc) is 2.78. The van der Waals surface area contributed by atoms with Crippen LogP contribution in [0.3, 0.4) is 0 Å². The van der Waals surface area contributed by atoms with Crippen LogP contribution < -0.4 is 16.6 Å². The highest BCUT2D eigenvalue weighted by atomic mass is 16.4. The SMILES string of the molecule is CNc1ccc2cc(-c3ccc4oc(=O)cc(-c5ccccc5)c4c3)c(=O)oc2c1. The summed E-state index contributed by atoms with van der Waals surface area (Å²) < 4.78 is 10.9. The van der Waals surface area contributed by atoms with Crippen molar-refractivity contribution < 1.29 is 8.83 Å². The van der Waals surface area contributed by atoms with Gasteiger partial charge in [-0.2, -0.15) is 0 Å². The van der Waals surface area contributed by atoms with Crippen molar-refractivity contribution in [1.29, 1.82) is 0 Å². The predicted molar refractivity (Wildman–Crippen MR) is 119 cm³/mol. The summed E-state index contributed by atoms with van der Waals surface area (Å²) in [6, 6.07) is 23.9. The Morgan fingerprint density at radius 3 is 2.33 bits per heavy atom. The van der Waals surface area contributed by atoms with Crippen molar-refractivity contribution in [2.45, 2.75) is 0 Å². The van der Waals surface area contributed by atoms with E-state index in [1.807, 2.05) is 61.6 Å². The summed E-state index contributed by atoms with van der Waals surface area (Å²) in [5.74, 6) is 0. The van der Waals surface area contributed by atoms with E-state index in [9.17, 15) is 9.59 Å². The van der Waals surface area contributed by atoms with Crippen molar-refractivity contribution in [2.75, 3.05) is 12.4 Å². The number of nitrogens with one attached hydrogen (secondary N) is 1. The van der Waals surface area contributed by atoms with Crippen LogP contribution in [0.15, 0.2) is 97.3 Å². The van der Waals surface area contributed by atoms with Gasteiger partial charge in [0.15, 0.2) is 0 Å². The van der Waals surface area contributed by atoms with E-state index in [1.54, 1.807) is 18.2 Å². The van der Waals surface area contributed by atoms with Crippen LogP contribution in [0.5, 0.6) is 0 Å².